The number of hydrogen-bond donors (Lipinski definition) is 0. The molecule has 2 rings (SSSR count). The summed E-state index contributed by atoms with van der Waals surface area (Å²) < 4.78 is 10.8. The topological polar surface area (TPSA) is 31.4 Å². The van der Waals surface area contributed by atoms with Crippen molar-refractivity contribution in [1.29, 1.82) is 0 Å². The fraction of sp³-hybridized carbons (Fsp3) is 0.353. The second kappa shape index (κ2) is 5.95. The molecule has 0 radical (unpaired) electrons. The van der Waals surface area contributed by atoms with Gasteiger partial charge in [0.25, 0.3) is 0 Å². The van der Waals surface area contributed by atoms with Crippen LogP contribution in [0.4, 0.5) is 0 Å². The van der Waals surface area contributed by atoms with E-state index in [0.717, 1.165) is 12.2 Å². The van der Waals surface area contributed by atoms with Gasteiger partial charge in [-0.05, 0) is 35.6 Å². The monoisotopic (exact) mass is 271 g/mol. The highest BCUT2D eigenvalue weighted by atomic mass is 16.5. The molecule has 1 aromatic carbocycles. The van der Waals surface area contributed by atoms with E-state index in [1.54, 1.807) is 19.4 Å². The summed E-state index contributed by atoms with van der Waals surface area (Å²) in [5.41, 5.74) is 1.54. The van der Waals surface area contributed by atoms with Gasteiger partial charge in [-0.1, -0.05) is 32.9 Å². The quantitative estimate of drug-likeness (QED) is 0.822. The second-order valence-corrected chi connectivity index (χ2v) is 6.02. The van der Waals surface area contributed by atoms with Gasteiger partial charge in [0.15, 0.2) is 0 Å². The molecule has 1 heterocycles. The minimum Gasteiger partial charge on any atom is -0.481 e. The van der Waals surface area contributed by atoms with Crippen molar-refractivity contribution in [2.45, 2.75) is 27.2 Å². The summed E-state index contributed by atoms with van der Waals surface area (Å²) in [4.78, 5) is 4.13. The van der Waals surface area contributed by atoms with Crippen molar-refractivity contribution in [2.24, 2.45) is 5.41 Å². The molecule has 0 aliphatic rings. The summed E-state index contributed by atoms with van der Waals surface area (Å²) in [6, 6.07) is 11.8. The zero-order valence-electron chi connectivity index (χ0n) is 12.5. The maximum atomic E-state index is 5.81. The highest BCUT2D eigenvalue weighted by Crippen LogP contribution is 2.26. The van der Waals surface area contributed by atoms with Gasteiger partial charge in [0.05, 0.1) is 13.3 Å². The van der Waals surface area contributed by atoms with Gasteiger partial charge in [-0.3, -0.25) is 0 Å². The van der Waals surface area contributed by atoms with E-state index < -0.39 is 0 Å². The highest BCUT2D eigenvalue weighted by molar-refractivity contribution is 5.34. The van der Waals surface area contributed by atoms with E-state index in [-0.39, 0.29) is 5.41 Å². The van der Waals surface area contributed by atoms with Crippen molar-refractivity contribution >= 4 is 0 Å². The van der Waals surface area contributed by atoms with Crippen LogP contribution >= 0.6 is 0 Å². The summed E-state index contributed by atoms with van der Waals surface area (Å²) in [6.07, 6.45) is 2.68. The zero-order chi connectivity index (χ0) is 14.6. The minimum absolute atomic E-state index is 0.264. The Balaban J connectivity index is 2.10. The van der Waals surface area contributed by atoms with Crippen molar-refractivity contribution in [3.05, 3.63) is 48.2 Å². The highest BCUT2D eigenvalue weighted by Gasteiger charge is 2.11. The normalized spacial score (nSPS) is 11.2. The van der Waals surface area contributed by atoms with Gasteiger partial charge >= 0.3 is 0 Å². The minimum atomic E-state index is 0.264. The van der Waals surface area contributed by atoms with Crippen LogP contribution in [0.3, 0.4) is 0 Å². The molecule has 0 saturated carbocycles. The van der Waals surface area contributed by atoms with Crippen molar-refractivity contribution in [3.8, 4) is 17.4 Å². The molecule has 0 aliphatic carbocycles. The Morgan fingerprint density at radius 1 is 1.05 bits per heavy atom. The largest absolute Gasteiger partial charge is 0.481 e. The molecule has 0 spiro atoms. The van der Waals surface area contributed by atoms with Gasteiger partial charge < -0.3 is 9.47 Å². The number of aromatic nitrogens is 1. The Kier molecular flexibility index (Phi) is 4.28. The molecule has 0 unspecified atom stereocenters. The van der Waals surface area contributed by atoms with Crippen LogP contribution in [0.5, 0.6) is 17.4 Å². The lowest BCUT2D eigenvalue weighted by Gasteiger charge is -2.18. The van der Waals surface area contributed by atoms with Crippen molar-refractivity contribution < 1.29 is 9.47 Å². The van der Waals surface area contributed by atoms with Crippen molar-refractivity contribution in [3.63, 3.8) is 0 Å². The third-order valence-electron chi connectivity index (χ3n) is 2.79. The molecule has 0 atom stereocenters. The van der Waals surface area contributed by atoms with E-state index in [0.29, 0.717) is 11.6 Å². The lowest BCUT2D eigenvalue weighted by molar-refractivity contribution is 0.394. The standard InChI is InChI=1S/C17H21NO2/c1-17(2,3)11-13-6-5-7-14(10-13)20-15-8-9-16(19-4)18-12-15/h5-10,12H,11H2,1-4H3. The summed E-state index contributed by atoms with van der Waals surface area (Å²) in [7, 11) is 1.60. The Bertz CT molecular complexity index is 556. The third kappa shape index (κ3) is 4.26. The van der Waals surface area contributed by atoms with Crippen LogP contribution in [0.1, 0.15) is 26.3 Å². The fourth-order valence-electron chi connectivity index (χ4n) is 2.02. The van der Waals surface area contributed by atoms with E-state index in [2.05, 4.69) is 37.9 Å². The number of rotatable bonds is 4. The predicted octanol–water partition coefficient (Wildman–Crippen LogP) is 4.47. The lowest BCUT2D eigenvalue weighted by Crippen LogP contribution is -2.08. The molecule has 0 saturated heterocycles. The lowest BCUT2D eigenvalue weighted by atomic mass is 9.88. The number of pyridine rings is 1. The third-order valence-corrected chi connectivity index (χ3v) is 2.79. The van der Waals surface area contributed by atoms with Gasteiger partial charge in [-0.25, -0.2) is 4.98 Å². The molecule has 106 valence electrons. The number of nitrogens with zero attached hydrogens (tertiary/aromatic N) is 1. The van der Waals surface area contributed by atoms with Crippen molar-refractivity contribution in [2.75, 3.05) is 7.11 Å². The van der Waals surface area contributed by atoms with Crippen LogP contribution < -0.4 is 9.47 Å². The molecular formula is C17H21NO2. The van der Waals surface area contributed by atoms with Gasteiger partial charge in [0.1, 0.15) is 11.5 Å². The van der Waals surface area contributed by atoms with Crippen LogP contribution in [0.15, 0.2) is 42.6 Å². The number of ether oxygens (including phenoxy) is 2. The smallest absolute Gasteiger partial charge is 0.213 e. The van der Waals surface area contributed by atoms with Crippen LogP contribution in [0, 0.1) is 5.41 Å². The molecule has 20 heavy (non-hydrogen) atoms. The Morgan fingerprint density at radius 2 is 1.85 bits per heavy atom. The fourth-order valence-corrected chi connectivity index (χ4v) is 2.02. The van der Waals surface area contributed by atoms with Crippen molar-refractivity contribution in [1.82, 2.24) is 4.98 Å². The number of hydrogen-bond acceptors (Lipinski definition) is 3. The van der Waals surface area contributed by atoms with E-state index in [9.17, 15) is 0 Å². The predicted molar refractivity (Wildman–Crippen MR) is 80.5 cm³/mol. The molecule has 2 aromatic rings. The first-order chi connectivity index (χ1) is 9.46. The first-order valence-corrected chi connectivity index (χ1v) is 6.73. The Morgan fingerprint density at radius 3 is 2.45 bits per heavy atom. The van der Waals surface area contributed by atoms with Crippen LogP contribution in [-0.2, 0) is 6.42 Å². The maximum absolute atomic E-state index is 5.81. The van der Waals surface area contributed by atoms with Gasteiger partial charge in [-0.2, -0.15) is 0 Å². The first kappa shape index (κ1) is 14.4. The average molecular weight is 271 g/mol. The molecule has 0 N–H and O–H groups in total. The Hall–Kier alpha value is -2.03. The van der Waals surface area contributed by atoms with E-state index >= 15 is 0 Å². The van der Waals surface area contributed by atoms with Crippen LogP contribution in [0.25, 0.3) is 0 Å². The summed E-state index contributed by atoms with van der Waals surface area (Å²) in [5, 5.41) is 0. The van der Waals surface area contributed by atoms with E-state index in [1.807, 2.05) is 18.2 Å². The first-order valence-electron chi connectivity index (χ1n) is 6.73. The second-order valence-electron chi connectivity index (χ2n) is 6.02. The SMILES string of the molecule is COc1ccc(Oc2cccc(CC(C)(C)C)c2)cn1. The summed E-state index contributed by atoms with van der Waals surface area (Å²) >= 11 is 0. The molecule has 0 fully saturated rings. The molecule has 3 nitrogen and oxygen atoms in total. The Labute approximate surface area is 120 Å². The van der Waals surface area contributed by atoms with Gasteiger partial charge in [-0.15, -0.1) is 0 Å². The molecule has 0 bridgehead atoms. The van der Waals surface area contributed by atoms with E-state index in [4.69, 9.17) is 9.47 Å². The van der Waals surface area contributed by atoms with Crippen LogP contribution in [0.2, 0.25) is 0 Å². The van der Waals surface area contributed by atoms with Crippen LogP contribution in [-0.4, -0.2) is 12.1 Å². The molecule has 3 heteroatoms. The number of benzene rings is 1. The molecular weight excluding hydrogens is 250 g/mol. The maximum Gasteiger partial charge on any atom is 0.213 e. The van der Waals surface area contributed by atoms with Gasteiger partial charge in [0.2, 0.25) is 5.88 Å². The molecule has 0 amide bonds. The van der Waals surface area contributed by atoms with Gasteiger partial charge in [0, 0.05) is 6.07 Å². The molecule has 1 aromatic heterocycles. The summed E-state index contributed by atoms with van der Waals surface area (Å²) in [5.74, 6) is 2.12. The summed E-state index contributed by atoms with van der Waals surface area (Å²) in [6.45, 7) is 6.69. The molecule has 0 aliphatic heterocycles. The average Bonchev–Trinajstić information content (AvgIpc) is 2.38. The number of methoxy groups -OCH3 is 1. The van der Waals surface area contributed by atoms with E-state index in [1.165, 1.54) is 5.56 Å². The zero-order valence-corrected chi connectivity index (χ0v) is 12.5.